The number of nitrogens with zero attached hydrogens (tertiary/aromatic N) is 2. The Morgan fingerprint density at radius 2 is 1.12 bits per heavy atom. The van der Waals surface area contributed by atoms with Crippen LogP contribution in [0.4, 0.5) is 0 Å². The predicted octanol–water partition coefficient (Wildman–Crippen LogP) is 6.62. The van der Waals surface area contributed by atoms with Crippen LogP contribution in [0.15, 0.2) is 60.7 Å². The molecule has 0 saturated heterocycles. The Morgan fingerprint density at radius 1 is 0.706 bits per heavy atom. The van der Waals surface area contributed by atoms with Crippen LogP contribution < -0.4 is 0 Å². The number of hydrogen-bond acceptors (Lipinski definition) is 6. The van der Waals surface area contributed by atoms with Crippen molar-refractivity contribution in [1.82, 2.24) is 9.97 Å². The van der Waals surface area contributed by atoms with Crippen LogP contribution in [-0.2, 0) is 9.59 Å². The quantitative estimate of drug-likeness (QED) is 0.261. The van der Waals surface area contributed by atoms with E-state index in [9.17, 15) is 19.8 Å². The van der Waals surface area contributed by atoms with E-state index in [4.69, 9.17) is 9.97 Å². The Morgan fingerprint density at radius 3 is 1.50 bits per heavy atom. The van der Waals surface area contributed by atoms with E-state index in [1.54, 1.807) is 13.8 Å². The SMILES string of the molecule is CC(C(=O)O)c1ccc(-c2nc3cc4ccccc4cc3nc2-c2ccc(C(C)C(=O)O)s2)s1. The van der Waals surface area contributed by atoms with Crippen molar-refractivity contribution in [2.75, 3.05) is 0 Å². The van der Waals surface area contributed by atoms with Gasteiger partial charge in [0.05, 0.1) is 32.6 Å². The van der Waals surface area contributed by atoms with Crippen molar-refractivity contribution in [2.45, 2.75) is 25.7 Å². The van der Waals surface area contributed by atoms with Crippen LogP contribution in [0.1, 0.15) is 35.4 Å². The predicted molar refractivity (Wildman–Crippen MR) is 136 cm³/mol. The molecule has 3 heterocycles. The summed E-state index contributed by atoms with van der Waals surface area (Å²) in [6, 6.07) is 19.4. The van der Waals surface area contributed by atoms with Crippen molar-refractivity contribution < 1.29 is 19.8 Å². The molecule has 2 atom stereocenters. The molecule has 5 aromatic rings. The van der Waals surface area contributed by atoms with Crippen LogP contribution in [0.25, 0.3) is 42.9 Å². The van der Waals surface area contributed by atoms with Crippen molar-refractivity contribution in [3.05, 3.63) is 70.4 Å². The lowest BCUT2D eigenvalue weighted by molar-refractivity contribution is -0.139. The van der Waals surface area contributed by atoms with Gasteiger partial charge in [0.2, 0.25) is 0 Å². The van der Waals surface area contributed by atoms with Gasteiger partial charge in [-0.2, -0.15) is 0 Å². The maximum Gasteiger partial charge on any atom is 0.311 e. The first kappa shape index (κ1) is 22.2. The maximum atomic E-state index is 11.5. The molecular formula is C26H20N2O4S2. The molecule has 2 aromatic carbocycles. The van der Waals surface area contributed by atoms with E-state index in [2.05, 4.69) is 0 Å². The summed E-state index contributed by atoms with van der Waals surface area (Å²) in [6.07, 6.45) is 0. The van der Waals surface area contributed by atoms with Gasteiger partial charge in [0.1, 0.15) is 11.4 Å². The third-order valence-electron chi connectivity index (χ3n) is 5.85. The summed E-state index contributed by atoms with van der Waals surface area (Å²) < 4.78 is 0. The van der Waals surface area contributed by atoms with Gasteiger partial charge in [-0.3, -0.25) is 9.59 Å². The lowest BCUT2D eigenvalue weighted by Gasteiger charge is -2.09. The topological polar surface area (TPSA) is 100 Å². The summed E-state index contributed by atoms with van der Waals surface area (Å²) >= 11 is 2.78. The second-order valence-corrected chi connectivity index (χ2v) is 10.4. The standard InChI is InChI=1S/C26H20N2O4S2/c1-13(25(29)30)19-7-9-21(33-19)23-24(22-10-8-20(34-22)14(2)26(31)32)28-18-12-16-6-4-3-5-15(16)11-17(18)27-23/h3-14H,1-2H3,(H,29,30)(H,31,32). The van der Waals surface area contributed by atoms with Gasteiger partial charge < -0.3 is 10.2 Å². The first-order valence-electron chi connectivity index (χ1n) is 10.7. The average molecular weight is 489 g/mol. The summed E-state index contributed by atoms with van der Waals surface area (Å²) in [6.45, 7) is 3.33. The van der Waals surface area contributed by atoms with Gasteiger partial charge in [-0.1, -0.05) is 24.3 Å². The van der Waals surface area contributed by atoms with Crippen LogP contribution in [0, 0.1) is 0 Å². The molecule has 6 nitrogen and oxygen atoms in total. The summed E-state index contributed by atoms with van der Waals surface area (Å²) in [5.41, 5.74) is 2.81. The van der Waals surface area contributed by atoms with Gasteiger partial charge >= 0.3 is 11.9 Å². The van der Waals surface area contributed by atoms with E-state index in [0.717, 1.165) is 41.3 Å². The van der Waals surface area contributed by atoms with Gasteiger partial charge in [0.25, 0.3) is 0 Å². The van der Waals surface area contributed by atoms with Gasteiger partial charge in [-0.05, 0) is 61.0 Å². The third kappa shape index (κ3) is 3.95. The molecule has 0 aliphatic carbocycles. The molecule has 3 aromatic heterocycles. The molecule has 0 radical (unpaired) electrons. The number of carboxylic acid groups (broad SMARTS) is 2. The minimum Gasteiger partial charge on any atom is -0.481 e. The Hall–Kier alpha value is -3.62. The number of fused-ring (bicyclic) bond motifs is 2. The molecule has 170 valence electrons. The number of aliphatic carboxylic acids is 2. The summed E-state index contributed by atoms with van der Waals surface area (Å²) in [7, 11) is 0. The summed E-state index contributed by atoms with van der Waals surface area (Å²) in [5, 5.41) is 21.0. The molecule has 0 saturated carbocycles. The van der Waals surface area contributed by atoms with E-state index in [-0.39, 0.29) is 0 Å². The fourth-order valence-corrected chi connectivity index (χ4v) is 5.84. The van der Waals surface area contributed by atoms with Crippen molar-refractivity contribution in [3.8, 4) is 21.1 Å². The molecule has 0 aliphatic rings. The van der Waals surface area contributed by atoms with E-state index in [1.807, 2.05) is 60.7 Å². The third-order valence-corrected chi connectivity index (χ3v) is 8.40. The smallest absolute Gasteiger partial charge is 0.311 e. The van der Waals surface area contributed by atoms with E-state index in [1.165, 1.54) is 22.7 Å². The molecule has 2 N–H and O–H groups in total. The van der Waals surface area contributed by atoms with Crippen molar-refractivity contribution in [2.24, 2.45) is 0 Å². The lowest BCUT2D eigenvalue weighted by Crippen LogP contribution is -2.05. The van der Waals surface area contributed by atoms with Gasteiger partial charge in [0.15, 0.2) is 0 Å². The number of carbonyl (C=O) groups is 2. The molecule has 2 unspecified atom stereocenters. The summed E-state index contributed by atoms with van der Waals surface area (Å²) in [5.74, 6) is -3.00. The van der Waals surface area contributed by atoms with Gasteiger partial charge in [0, 0.05) is 9.75 Å². The molecule has 0 aliphatic heterocycles. The van der Waals surface area contributed by atoms with Gasteiger partial charge in [-0.25, -0.2) is 9.97 Å². The molecule has 0 fully saturated rings. The second-order valence-electron chi connectivity index (χ2n) is 8.13. The maximum absolute atomic E-state index is 11.5. The number of carboxylic acids is 2. The van der Waals surface area contributed by atoms with Crippen LogP contribution >= 0.6 is 22.7 Å². The summed E-state index contributed by atoms with van der Waals surface area (Å²) in [4.78, 5) is 36.0. The normalized spacial score (nSPS) is 13.2. The molecule has 5 rings (SSSR count). The fraction of sp³-hybridized carbons (Fsp3) is 0.154. The van der Waals surface area contributed by atoms with Crippen LogP contribution in [0.5, 0.6) is 0 Å². The zero-order chi connectivity index (χ0) is 24.0. The Balaban J connectivity index is 1.72. The zero-order valence-corrected chi connectivity index (χ0v) is 20.0. The average Bonchev–Trinajstić information content (AvgIpc) is 3.51. The fourth-order valence-electron chi connectivity index (χ4n) is 3.75. The highest BCUT2D eigenvalue weighted by Gasteiger charge is 2.22. The molecule has 0 spiro atoms. The Bertz CT molecular complexity index is 1450. The number of hydrogen-bond donors (Lipinski definition) is 2. The number of rotatable bonds is 6. The highest BCUT2D eigenvalue weighted by molar-refractivity contribution is 7.16. The van der Waals surface area contributed by atoms with E-state index in [0.29, 0.717) is 11.4 Å². The minimum atomic E-state index is -0.879. The molecular weight excluding hydrogens is 468 g/mol. The van der Waals surface area contributed by atoms with Crippen LogP contribution in [0.3, 0.4) is 0 Å². The van der Waals surface area contributed by atoms with Gasteiger partial charge in [-0.15, -0.1) is 22.7 Å². The lowest BCUT2D eigenvalue weighted by atomic mass is 10.1. The van der Waals surface area contributed by atoms with Crippen LogP contribution in [-0.4, -0.2) is 32.1 Å². The molecule has 0 bridgehead atoms. The molecule has 34 heavy (non-hydrogen) atoms. The monoisotopic (exact) mass is 488 g/mol. The number of thiophene rings is 2. The highest BCUT2D eigenvalue weighted by Crippen LogP contribution is 2.40. The van der Waals surface area contributed by atoms with E-state index < -0.39 is 23.8 Å². The van der Waals surface area contributed by atoms with E-state index >= 15 is 0 Å². The minimum absolute atomic E-state index is 0.621. The Labute approximate surface area is 203 Å². The first-order chi connectivity index (χ1) is 16.3. The molecule has 8 heteroatoms. The first-order valence-corrected chi connectivity index (χ1v) is 12.3. The second kappa shape index (κ2) is 8.62. The van der Waals surface area contributed by atoms with Crippen LogP contribution in [0.2, 0.25) is 0 Å². The van der Waals surface area contributed by atoms with Crippen molar-refractivity contribution >= 4 is 56.4 Å². The number of benzene rings is 2. The Kier molecular flexibility index (Phi) is 5.63. The number of aromatic nitrogens is 2. The van der Waals surface area contributed by atoms with Crippen molar-refractivity contribution in [1.29, 1.82) is 0 Å². The van der Waals surface area contributed by atoms with Crippen molar-refractivity contribution in [3.63, 3.8) is 0 Å². The highest BCUT2D eigenvalue weighted by atomic mass is 32.1. The molecule has 0 amide bonds. The zero-order valence-electron chi connectivity index (χ0n) is 18.4. The largest absolute Gasteiger partial charge is 0.481 e.